The van der Waals surface area contributed by atoms with E-state index in [1.165, 1.54) is 22.3 Å². The lowest BCUT2D eigenvalue weighted by atomic mass is 9.49. The molecule has 4 nitrogen and oxygen atoms in total. The molecule has 6 atom stereocenters. The summed E-state index contributed by atoms with van der Waals surface area (Å²) in [6.07, 6.45) is 10.2. The summed E-state index contributed by atoms with van der Waals surface area (Å²) in [6, 6.07) is 11.7. The number of fused-ring (bicyclic) bond motifs is 6. The Morgan fingerprint density at radius 1 is 0.789 bits per heavy atom. The number of benzene rings is 2. The van der Waals surface area contributed by atoms with Crippen LogP contribution in [0.3, 0.4) is 0 Å². The molecule has 0 aromatic heterocycles. The molecule has 0 spiro atoms. The van der Waals surface area contributed by atoms with Crippen molar-refractivity contribution in [3.05, 3.63) is 58.7 Å². The molecule has 204 valence electrons. The van der Waals surface area contributed by atoms with Gasteiger partial charge in [0, 0.05) is 5.41 Å². The predicted octanol–water partition coefficient (Wildman–Crippen LogP) is 7.36. The summed E-state index contributed by atoms with van der Waals surface area (Å²) >= 11 is 0. The number of hydrogen-bond donors (Lipinski definition) is 2. The van der Waals surface area contributed by atoms with Gasteiger partial charge in [0.2, 0.25) is 0 Å². The molecule has 2 saturated carbocycles. The molecule has 4 heteroatoms. The van der Waals surface area contributed by atoms with Crippen LogP contribution >= 0.6 is 0 Å². The molecule has 2 aromatic rings. The highest BCUT2D eigenvalue weighted by atomic mass is 16.5. The molecule has 0 saturated heterocycles. The molecule has 0 aliphatic heterocycles. The van der Waals surface area contributed by atoms with E-state index in [0.29, 0.717) is 24.0 Å². The first-order valence-electron chi connectivity index (χ1n) is 14.8. The second-order valence-corrected chi connectivity index (χ2v) is 14.1. The number of phenols is 2. The van der Waals surface area contributed by atoms with E-state index in [1.54, 1.807) is 6.07 Å². The van der Waals surface area contributed by atoms with Crippen LogP contribution in [-0.2, 0) is 33.2 Å². The third-order valence-electron chi connectivity index (χ3n) is 11.8. The molecule has 4 aliphatic carbocycles. The number of esters is 1. The van der Waals surface area contributed by atoms with Gasteiger partial charge in [0.25, 0.3) is 0 Å². The van der Waals surface area contributed by atoms with E-state index < -0.39 is 5.41 Å². The minimum atomic E-state index is -0.518. The van der Waals surface area contributed by atoms with Crippen molar-refractivity contribution in [1.82, 2.24) is 0 Å². The Morgan fingerprint density at radius 2 is 1.32 bits per heavy atom. The largest absolute Gasteiger partial charge is 0.508 e. The number of hydrogen-bond acceptors (Lipinski definition) is 4. The first-order chi connectivity index (χ1) is 18.0. The van der Waals surface area contributed by atoms with Crippen LogP contribution < -0.4 is 0 Å². The van der Waals surface area contributed by atoms with Crippen molar-refractivity contribution in [3.63, 3.8) is 0 Å². The van der Waals surface area contributed by atoms with Gasteiger partial charge in [-0.25, -0.2) is 0 Å². The Bertz CT molecular complexity index is 1270. The lowest BCUT2D eigenvalue weighted by Crippen LogP contribution is -2.54. The van der Waals surface area contributed by atoms with Crippen molar-refractivity contribution in [3.8, 4) is 11.5 Å². The number of phenolic OH excluding ortho intramolecular Hbond substituents is 2. The lowest BCUT2D eigenvalue weighted by Gasteiger charge is -2.56. The van der Waals surface area contributed by atoms with Crippen LogP contribution in [0.15, 0.2) is 36.4 Å². The van der Waals surface area contributed by atoms with Gasteiger partial charge in [-0.1, -0.05) is 45.7 Å². The van der Waals surface area contributed by atoms with Crippen molar-refractivity contribution in [1.29, 1.82) is 0 Å². The van der Waals surface area contributed by atoms with Crippen LogP contribution in [0.25, 0.3) is 0 Å². The average molecular weight is 517 g/mol. The quantitative estimate of drug-likeness (QED) is 0.418. The third-order valence-corrected chi connectivity index (χ3v) is 11.8. The van der Waals surface area contributed by atoms with Gasteiger partial charge in [-0.3, -0.25) is 4.79 Å². The fourth-order valence-electron chi connectivity index (χ4n) is 9.84. The molecule has 4 aliphatic rings. The molecule has 0 bridgehead atoms. The second kappa shape index (κ2) is 8.76. The normalized spacial score (nSPS) is 37.8. The van der Waals surface area contributed by atoms with Crippen LogP contribution in [0.5, 0.6) is 11.5 Å². The molecule has 38 heavy (non-hydrogen) atoms. The SMILES string of the molecule is C[C@@]1(COC(=O)[C@]2(C)CCC[C@]3(C)c4cc(O)ccc4CC[C@@H]23)CCC[C@]2(C)c3cc(O)ccc3CCC12. The molecular weight excluding hydrogens is 472 g/mol. The van der Waals surface area contributed by atoms with Gasteiger partial charge in [-0.15, -0.1) is 0 Å². The van der Waals surface area contributed by atoms with Gasteiger partial charge >= 0.3 is 5.97 Å². The molecule has 6 rings (SSSR count). The highest BCUT2D eigenvalue weighted by molar-refractivity contribution is 5.77. The lowest BCUT2D eigenvalue weighted by molar-refractivity contribution is -0.171. The molecule has 2 fully saturated rings. The summed E-state index contributed by atoms with van der Waals surface area (Å²) in [5, 5.41) is 20.6. The van der Waals surface area contributed by atoms with Crippen molar-refractivity contribution < 1.29 is 19.7 Å². The van der Waals surface area contributed by atoms with Crippen LogP contribution in [0.4, 0.5) is 0 Å². The molecular formula is C34H44O4. The van der Waals surface area contributed by atoms with E-state index in [2.05, 4.69) is 39.8 Å². The number of aromatic hydroxyl groups is 2. The van der Waals surface area contributed by atoms with Crippen molar-refractivity contribution in [2.45, 2.75) is 103 Å². The summed E-state index contributed by atoms with van der Waals surface area (Å²) in [5.74, 6) is 1.26. The zero-order valence-corrected chi connectivity index (χ0v) is 23.6. The second-order valence-electron chi connectivity index (χ2n) is 14.1. The van der Waals surface area contributed by atoms with Gasteiger partial charge in [0.1, 0.15) is 11.5 Å². The van der Waals surface area contributed by atoms with Gasteiger partial charge in [-0.05, 0) is 127 Å². The van der Waals surface area contributed by atoms with E-state index in [-0.39, 0.29) is 28.1 Å². The highest BCUT2D eigenvalue weighted by Gasteiger charge is 2.57. The van der Waals surface area contributed by atoms with Gasteiger partial charge in [-0.2, -0.15) is 0 Å². The summed E-state index contributed by atoms with van der Waals surface area (Å²) in [4.78, 5) is 14.1. The monoisotopic (exact) mass is 516 g/mol. The summed E-state index contributed by atoms with van der Waals surface area (Å²) in [6.45, 7) is 9.64. The first kappa shape index (κ1) is 25.8. The van der Waals surface area contributed by atoms with Crippen molar-refractivity contribution in [2.24, 2.45) is 22.7 Å². The molecule has 0 heterocycles. The standard InChI is InChI=1S/C34H44O4/c1-31(15-5-16-32(2)26-19-24(35)11-7-22(26)9-13-28(31)32)21-38-30(37)34(4)18-6-17-33(3)27-20-25(36)12-8-23(27)10-14-29(33)34/h7-8,11-12,19-20,28-29,35-36H,5-6,9-10,13-18,21H2,1-4H3/t28?,29-,31+,32-,33-,34-/m1/s1. The molecule has 2 N–H and O–H groups in total. The van der Waals surface area contributed by atoms with E-state index in [9.17, 15) is 15.0 Å². The van der Waals surface area contributed by atoms with E-state index in [4.69, 9.17) is 4.74 Å². The van der Waals surface area contributed by atoms with E-state index in [1.807, 2.05) is 18.2 Å². The zero-order valence-electron chi connectivity index (χ0n) is 23.6. The Kier molecular flexibility index (Phi) is 5.94. The first-order valence-corrected chi connectivity index (χ1v) is 14.8. The molecule has 0 radical (unpaired) electrons. The van der Waals surface area contributed by atoms with E-state index >= 15 is 0 Å². The van der Waals surface area contributed by atoms with Gasteiger partial charge in [0.15, 0.2) is 0 Å². The fourth-order valence-corrected chi connectivity index (χ4v) is 9.84. The maximum absolute atomic E-state index is 14.1. The third kappa shape index (κ3) is 3.72. The minimum absolute atomic E-state index is 0.00583. The fraction of sp³-hybridized carbons (Fsp3) is 0.618. The smallest absolute Gasteiger partial charge is 0.312 e. The number of carbonyl (C=O) groups excluding carboxylic acids is 1. The average Bonchev–Trinajstić information content (AvgIpc) is 2.88. The summed E-state index contributed by atoms with van der Waals surface area (Å²) in [5.41, 5.74) is 4.48. The predicted molar refractivity (Wildman–Crippen MR) is 149 cm³/mol. The maximum Gasteiger partial charge on any atom is 0.312 e. The molecule has 2 aromatic carbocycles. The number of aryl methyl sites for hydroxylation is 2. The molecule has 0 amide bonds. The van der Waals surface area contributed by atoms with E-state index in [0.717, 1.165) is 64.2 Å². The van der Waals surface area contributed by atoms with Crippen molar-refractivity contribution in [2.75, 3.05) is 6.61 Å². The summed E-state index contributed by atoms with van der Waals surface area (Å²) in [7, 11) is 0. The number of ether oxygens (including phenoxy) is 1. The highest BCUT2D eigenvalue weighted by Crippen LogP contribution is 2.60. The maximum atomic E-state index is 14.1. The van der Waals surface area contributed by atoms with Gasteiger partial charge < -0.3 is 14.9 Å². The topological polar surface area (TPSA) is 66.8 Å². The summed E-state index contributed by atoms with van der Waals surface area (Å²) < 4.78 is 6.40. The van der Waals surface area contributed by atoms with Crippen LogP contribution in [0.2, 0.25) is 0 Å². The number of carbonyl (C=O) groups is 1. The Hall–Kier alpha value is -2.49. The van der Waals surface area contributed by atoms with Crippen LogP contribution in [0.1, 0.15) is 101 Å². The minimum Gasteiger partial charge on any atom is -0.508 e. The van der Waals surface area contributed by atoms with Crippen molar-refractivity contribution >= 4 is 5.97 Å². The van der Waals surface area contributed by atoms with Gasteiger partial charge in [0.05, 0.1) is 12.0 Å². The zero-order chi connectivity index (χ0) is 26.9. The Balaban J connectivity index is 1.24. The number of rotatable bonds is 3. The Morgan fingerprint density at radius 3 is 1.92 bits per heavy atom. The molecule has 1 unspecified atom stereocenters. The van der Waals surface area contributed by atoms with Crippen LogP contribution in [0, 0.1) is 22.7 Å². The Labute approximate surface area is 227 Å². The van der Waals surface area contributed by atoms with Crippen LogP contribution in [-0.4, -0.2) is 22.8 Å².